The minimum atomic E-state index is 0.100. The van der Waals surface area contributed by atoms with E-state index < -0.39 is 0 Å². The van der Waals surface area contributed by atoms with Gasteiger partial charge in [-0.1, -0.05) is 24.6 Å². The third kappa shape index (κ3) is 4.97. The van der Waals surface area contributed by atoms with Crippen LogP contribution in [0.15, 0.2) is 23.3 Å². The fourth-order valence-corrected chi connectivity index (χ4v) is 0.911. The lowest BCUT2D eigenvalue weighted by atomic mass is 10.1. The first-order valence-electron chi connectivity index (χ1n) is 4.36. The summed E-state index contributed by atoms with van der Waals surface area (Å²) in [5.74, 6) is 0.100. The van der Waals surface area contributed by atoms with E-state index in [1.54, 1.807) is 13.0 Å². The molecule has 0 radical (unpaired) electrons. The van der Waals surface area contributed by atoms with Crippen LogP contribution >= 0.6 is 0 Å². The first kappa shape index (κ1) is 11.6. The Morgan fingerprint density at radius 2 is 2.00 bits per heavy atom. The van der Waals surface area contributed by atoms with E-state index >= 15 is 0 Å². The first-order chi connectivity index (χ1) is 6.11. The quantitative estimate of drug-likeness (QED) is 0.489. The van der Waals surface area contributed by atoms with Crippen molar-refractivity contribution in [1.29, 1.82) is 5.26 Å². The molecule has 0 unspecified atom stereocenters. The normalized spacial score (nSPS) is 12.5. The van der Waals surface area contributed by atoms with Crippen LogP contribution in [0.4, 0.5) is 0 Å². The Morgan fingerprint density at radius 3 is 2.38 bits per heavy atom. The summed E-state index contributed by atoms with van der Waals surface area (Å²) in [5, 5.41) is 8.39. The Hall–Kier alpha value is -1.36. The van der Waals surface area contributed by atoms with Crippen molar-refractivity contribution in [2.75, 3.05) is 0 Å². The van der Waals surface area contributed by atoms with Gasteiger partial charge in [0.15, 0.2) is 5.78 Å². The number of Topliss-reactive ketones (excluding diaryl/α,β-unsaturated/α-hetero) is 1. The minimum Gasteiger partial charge on any atom is -0.295 e. The molecule has 0 amide bonds. The van der Waals surface area contributed by atoms with Crippen LogP contribution in [0.5, 0.6) is 0 Å². The van der Waals surface area contributed by atoms with Gasteiger partial charge in [-0.2, -0.15) is 5.26 Å². The molecular weight excluding hydrogens is 162 g/mol. The first-order valence-corrected chi connectivity index (χ1v) is 4.36. The third-order valence-electron chi connectivity index (χ3n) is 1.76. The van der Waals surface area contributed by atoms with Gasteiger partial charge in [-0.05, 0) is 25.8 Å². The van der Waals surface area contributed by atoms with Crippen molar-refractivity contribution in [1.82, 2.24) is 0 Å². The van der Waals surface area contributed by atoms with Crippen molar-refractivity contribution in [3.05, 3.63) is 23.3 Å². The molecule has 2 heteroatoms. The number of hydrogen-bond donors (Lipinski definition) is 0. The van der Waals surface area contributed by atoms with Gasteiger partial charge >= 0.3 is 0 Å². The zero-order chi connectivity index (χ0) is 10.3. The molecule has 0 aromatic rings. The fourth-order valence-electron chi connectivity index (χ4n) is 0.911. The molecular formula is C11H15NO. The van der Waals surface area contributed by atoms with Gasteiger partial charge in [0, 0.05) is 0 Å². The van der Waals surface area contributed by atoms with Crippen LogP contribution in [0.2, 0.25) is 0 Å². The average molecular weight is 177 g/mol. The maximum Gasteiger partial charge on any atom is 0.155 e. The number of carbonyl (C=O) groups excluding carboxylic acids is 1. The van der Waals surface area contributed by atoms with Crippen molar-refractivity contribution in [2.24, 2.45) is 0 Å². The van der Waals surface area contributed by atoms with Crippen LogP contribution in [0.3, 0.4) is 0 Å². The van der Waals surface area contributed by atoms with Gasteiger partial charge in [0.05, 0.1) is 12.5 Å². The largest absolute Gasteiger partial charge is 0.295 e. The van der Waals surface area contributed by atoms with Crippen molar-refractivity contribution in [3.63, 3.8) is 0 Å². The van der Waals surface area contributed by atoms with E-state index in [2.05, 4.69) is 6.07 Å². The van der Waals surface area contributed by atoms with Crippen LogP contribution in [-0.4, -0.2) is 5.78 Å². The van der Waals surface area contributed by atoms with Crippen LogP contribution < -0.4 is 0 Å². The van der Waals surface area contributed by atoms with E-state index in [4.69, 9.17) is 5.26 Å². The van der Waals surface area contributed by atoms with Gasteiger partial charge in [-0.25, -0.2) is 0 Å². The highest BCUT2D eigenvalue weighted by atomic mass is 16.1. The highest BCUT2D eigenvalue weighted by Gasteiger charge is 1.97. The summed E-state index contributed by atoms with van der Waals surface area (Å²) in [5.41, 5.74) is 1.78. The molecule has 0 saturated carbocycles. The maximum absolute atomic E-state index is 11.0. The molecule has 13 heavy (non-hydrogen) atoms. The second-order valence-corrected chi connectivity index (χ2v) is 2.95. The second-order valence-electron chi connectivity index (χ2n) is 2.95. The zero-order valence-electron chi connectivity index (χ0n) is 8.42. The highest BCUT2D eigenvalue weighted by molar-refractivity contribution is 5.93. The van der Waals surface area contributed by atoms with Crippen molar-refractivity contribution in [2.45, 2.75) is 33.6 Å². The zero-order valence-corrected chi connectivity index (χ0v) is 8.42. The van der Waals surface area contributed by atoms with Crippen LogP contribution in [-0.2, 0) is 4.79 Å². The number of allylic oxidation sites excluding steroid dienone is 4. The van der Waals surface area contributed by atoms with Gasteiger partial charge < -0.3 is 0 Å². The minimum absolute atomic E-state index is 0.100. The second kappa shape index (κ2) is 6.19. The van der Waals surface area contributed by atoms with Gasteiger partial charge in [-0.15, -0.1) is 0 Å². The molecule has 0 N–H and O–H groups in total. The monoisotopic (exact) mass is 177 g/mol. The summed E-state index contributed by atoms with van der Waals surface area (Å²) in [6.45, 7) is 5.39. The molecule has 0 rings (SSSR count). The maximum atomic E-state index is 11.0. The highest BCUT2D eigenvalue weighted by Crippen LogP contribution is 2.05. The molecule has 0 aromatic heterocycles. The topological polar surface area (TPSA) is 40.9 Å². The van der Waals surface area contributed by atoms with E-state index in [0.717, 1.165) is 17.6 Å². The molecule has 0 saturated heterocycles. The summed E-state index contributed by atoms with van der Waals surface area (Å²) >= 11 is 0. The average Bonchev–Trinajstić information content (AvgIpc) is 2.05. The molecule has 2 nitrogen and oxygen atoms in total. The number of rotatable bonds is 4. The van der Waals surface area contributed by atoms with E-state index in [1.807, 2.05) is 19.9 Å². The van der Waals surface area contributed by atoms with Crippen LogP contribution in [0.1, 0.15) is 33.6 Å². The Balaban J connectivity index is 4.46. The van der Waals surface area contributed by atoms with E-state index in [9.17, 15) is 4.79 Å². The number of hydrogen-bond acceptors (Lipinski definition) is 2. The lowest BCUT2D eigenvalue weighted by molar-refractivity contribution is -0.113. The lowest BCUT2D eigenvalue weighted by Crippen LogP contribution is -1.93. The molecule has 0 bridgehead atoms. The third-order valence-corrected chi connectivity index (χ3v) is 1.76. The number of nitrogens with zero attached hydrogens (tertiary/aromatic N) is 1. The summed E-state index contributed by atoms with van der Waals surface area (Å²) in [4.78, 5) is 11.0. The smallest absolute Gasteiger partial charge is 0.155 e. The Morgan fingerprint density at radius 1 is 1.38 bits per heavy atom. The summed E-state index contributed by atoms with van der Waals surface area (Å²) < 4.78 is 0. The summed E-state index contributed by atoms with van der Waals surface area (Å²) in [7, 11) is 0. The summed E-state index contributed by atoms with van der Waals surface area (Å²) in [6.07, 6.45) is 4.80. The molecule has 0 aliphatic rings. The number of nitriles is 1. The van der Waals surface area contributed by atoms with E-state index in [-0.39, 0.29) is 5.78 Å². The SMILES string of the molecule is CC/C(=C\C=C(/C)CC#N)C(C)=O. The number of ketones is 1. The Kier molecular flexibility index (Phi) is 5.54. The predicted octanol–water partition coefficient (Wildman–Crippen LogP) is 2.77. The number of carbonyl (C=O) groups is 1. The van der Waals surface area contributed by atoms with Gasteiger partial charge in [0.1, 0.15) is 0 Å². The molecule has 70 valence electrons. The van der Waals surface area contributed by atoms with Gasteiger partial charge in [0.2, 0.25) is 0 Å². The van der Waals surface area contributed by atoms with E-state index in [0.29, 0.717) is 6.42 Å². The van der Waals surface area contributed by atoms with Gasteiger partial charge in [-0.3, -0.25) is 4.79 Å². The molecule has 0 fully saturated rings. The van der Waals surface area contributed by atoms with Crippen molar-refractivity contribution < 1.29 is 4.79 Å². The molecule has 0 atom stereocenters. The van der Waals surface area contributed by atoms with Crippen molar-refractivity contribution in [3.8, 4) is 6.07 Å². The Labute approximate surface area is 79.6 Å². The lowest BCUT2D eigenvalue weighted by Gasteiger charge is -1.96. The molecule has 0 aliphatic carbocycles. The van der Waals surface area contributed by atoms with Crippen LogP contribution in [0, 0.1) is 11.3 Å². The summed E-state index contributed by atoms with van der Waals surface area (Å²) in [6, 6.07) is 2.06. The van der Waals surface area contributed by atoms with Crippen molar-refractivity contribution >= 4 is 5.78 Å². The Bertz CT molecular complexity index is 279. The molecule has 0 heterocycles. The predicted molar refractivity (Wildman–Crippen MR) is 53.0 cm³/mol. The molecule has 0 aliphatic heterocycles. The van der Waals surface area contributed by atoms with E-state index in [1.165, 1.54) is 0 Å². The molecule has 0 spiro atoms. The standard InChI is InChI=1S/C11H15NO/c1-4-11(10(3)13)6-5-9(2)7-8-12/h5-6H,4,7H2,1-3H3/b9-5+,11-6+. The van der Waals surface area contributed by atoms with Crippen LogP contribution in [0.25, 0.3) is 0 Å². The van der Waals surface area contributed by atoms with Gasteiger partial charge in [0.25, 0.3) is 0 Å². The fraction of sp³-hybridized carbons (Fsp3) is 0.455. The molecule has 0 aromatic carbocycles.